The minimum absolute atomic E-state index is 0.00620. The fourth-order valence-electron chi connectivity index (χ4n) is 6.46. The van der Waals surface area contributed by atoms with Crippen molar-refractivity contribution in [3.63, 3.8) is 0 Å². The van der Waals surface area contributed by atoms with Gasteiger partial charge in [0.15, 0.2) is 0 Å². The Balaban J connectivity index is 1.46. The van der Waals surface area contributed by atoms with Gasteiger partial charge in [0.25, 0.3) is 0 Å². The molecule has 2 bridgehead atoms. The maximum atomic E-state index is 13.1. The van der Waals surface area contributed by atoms with Crippen LogP contribution in [0.1, 0.15) is 51.4 Å². The molecule has 0 spiro atoms. The molecule has 4 aliphatic rings. The molecule has 0 radical (unpaired) electrons. The van der Waals surface area contributed by atoms with Crippen LogP contribution in [-0.4, -0.2) is 110 Å². The number of likely N-dealkylation sites (tertiary alicyclic amines) is 2. The zero-order chi connectivity index (χ0) is 24.9. The van der Waals surface area contributed by atoms with Gasteiger partial charge in [0, 0.05) is 65.6 Å². The molecule has 4 aliphatic heterocycles. The Bertz CT molecular complexity index is 799. The summed E-state index contributed by atoms with van der Waals surface area (Å²) in [5.74, 6) is 0.834. The number of piperidine rings is 2. The second-order valence-electron chi connectivity index (χ2n) is 11.3. The highest BCUT2D eigenvalue weighted by Gasteiger charge is 2.36. The second kappa shape index (κ2) is 11.7. The van der Waals surface area contributed by atoms with Crippen LogP contribution < -0.4 is 5.32 Å². The molecule has 0 aromatic carbocycles. The van der Waals surface area contributed by atoms with E-state index in [-0.39, 0.29) is 47.9 Å². The molecular formula is C26H43N5O4. The number of carbonyl (C=O) groups is 4. The molecule has 196 valence electrons. The van der Waals surface area contributed by atoms with E-state index in [1.165, 1.54) is 0 Å². The first-order valence-corrected chi connectivity index (χ1v) is 13.5. The molecule has 4 saturated heterocycles. The van der Waals surface area contributed by atoms with E-state index in [9.17, 15) is 19.2 Å². The molecule has 4 atom stereocenters. The summed E-state index contributed by atoms with van der Waals surface area (Å²) in [7, 11) is 3.83. The number of nitrogens with one attached hydrogen (secondary N) is 1. The highest BCUT2D eigenvalue weighted by atomic mass is 16.2. The molecule has 9 heteroatoms. The fourth-order valence-corrected chi connectivity index (χ4v) is 6.46. The predicted octanol–water partition coefficient (Wildman–Crippen LogP) is 0.790. The number of hydrogen-bond donors (Lipinski definition) is 1. The summed E-state index contributed by atoms with van der Waals surface area (Å²) in [5, 5.41) is 3.11. The Kier molecular flexibility index (Phi) is 8.68. The first-order chi connectivity index (χ1) is 16.8. The van der Waals surface area contributed by atoms with Gasteiger partial charge in [-0.3, -0.25) is 19.2 Å². The number of amides is 4. The van der Waals surface area contributed by atoms with Crippen LogP contribution in [0, 0.1) is 23.7 Å². The zero-order valence-corrected chi connectivity index (χ0v) is 21.5. The van der Waals surface area contributed by atoms with Gasteiger partial charge in [-0.1, -0.05) is 0 Å². The zero-order valence-electron chi connectivity index (χ0n) is 21.5. The lowest BCUT2D eigenvalue weighted by Gasteiger charge is -2.39. The van der Waals surface area contributed by atoms with Crippen LogP contribution in [0.15, 0.2) is 0 Å². The van der Waals surface area contributed by atoms with Crippen molar-refractivity contribution in [3.8, 4) is 0 Å². The largest absolute Gasteiger partial charge is 0.356 e. The number of carbonyl (C=O) groups excluding carboxylic acids is 4. The van der Waals surface area contributed by atoms with Crippen LogP contribution in [0.4, 0.5) is 0 Å². The monoisotopic (exact) mass is 489 g/mol. The van der Waals surface area contributed by atoms with Crippen LogP contribution in [-0.2, 0) is 19.2 Å². The minimum Gasteiger partial charge on any atom is -0.356 e. The lowest BCUT2D eigenvalue weighted by molar-refractivity contribution is -0.142. The maximum absolute atomic E-state index is 13.1. The molecule has 4 fully saturated rings. The SMILES string of the molecule is CN1CC[C@H]2CC(=O)N(C)CC(=O)N3CC[C@@H](CC(=O)N4CCCC4)[C@@H](CC(=O)NCC[C@H]2C1)C3. The maximum Gasteiger partial charge on any atom is 0.242 e. The van der Waals surface area contributed by atoms with Gasteiger partial charge in [-0.15, -0.1) is 0 Å². The highest BCUT2D eigenvalue weighted by molar-refractivity contribution is 5.85. The minimum atomic E-state index is -0.0645. The summed E-state index contributed by atoms with van der Waals surface area (Å²) in [6.45, 7) is 5.29. The third kappa shape index (κ3) is 6.74. The lowest BCUT2D eigenvalue weighted by atomic mass is 9.80. The second-order valence-corrected chi connectivity index (χ2v) is 11.3. The first-order valence-electron chi connectivity index (χ1n) is 13.5. The van der Waals surface area contributed by atoms with Crippen LogP contribution in [0.25, 0.3) is 0 Å². The highest BCUT2D eigenvalue weighted by Crippen LogP contribution is 2.32. The predicted molar refractivity (Wildman–Crippen MR) is 132 cm³/mol. The Morgan fingerprint density at radius 2 is 1.63 bits per heavy atom. The van der Waals surface area contributed by atoms with E-state index in [0.29, 0.717) is 44.8 Å². The van der Waals surface area contributed by atoms with Gasteiger partial charge in [-0.05, 0) is 69.4 Å². The van der Waals surface area contributed by atoms with E-state index in [1.807, 2.05) is 4.90 Å². The van der Waals surface area contributed by atoms with Crippen LogP contribution in [0.2, 0.25) is 0 Å². The van der Waals surface area contributed by atoms with Gasteiger partial charge < -0.3 is 24.9 Å². The van der Waals surface area contributed by atoms with Crippen LogP contribution >= 0.6 is 0 Å². The van der Waals surface area contributed by atoms with Crippen molar-refractivity contribution in [1.29, 1.82) is 0 Å². The van der Waals surface area contributed by atoms with E-state index >= 15 is 0 Å². The van der Waals surface area contributed by atoms with Crippen molar-refractivity contribution in [3.05, 3.63) is 0 Å². The third-order valence-corrected chi connectivity index (χ3v) is 8.75. The van der Waals surface area contributed by atoms with E-state index in [0.717, 1.165) is 58.3 Å². The van der Waals surface area contributed by atoms with E-state index in [2.05, 4.69) is 17.3 Å². The van der Waals surface area contributed by atoms with Crippen LogP contribution in [0.3, 0.4) is 0 Å². The van der Waals surface area contributed by atoms with Gasteiger partial charge in [0.05, 0.1) is 6.54 Å². The lowest BCUT2D eigenvalue weighted by Crippen LogP contribution is -2.49. The van der Waals surface area contributed by atoms with Crippen LogP contribution in [0.5, 0.6) is 0 Å². The summed E-state index contributed by atoms with van der Waals surface area (Å²) in [5.41, 5.74) is 0. The van der Waals surface area contributed by atoms with Gasteiger partial charge in [-0.2, -0.15) is 0 Å². The number of hydrogen-bond acceptors (Lipinski definition) is 5. The molecule has 1 N–H and O–H groups in total. The Labute approximate surface area is 209 Å². The van der Waals surface area contributed by atoms with Crippen molar-refractivity contribution in [1.82, 2.24) is 24.9 Å². The van der Waals surface area contributed by atoms with Crippen molar-refractivity contribution in [2.75, 3.05) is 66.5 Å². The summed E-state index contributed by atoms with van der Waals surface area (Å²) in [6.07, 6.45) is 5.91. The molecule has 0 aromatic heterocycles. The summed E-state index contributed by atoms with van der Waals surface area (Å²) < 4.78 is 0. The third-order valence-electron chi connectivity index (χ3n) is 8.75. The molecule has 9 nitrogen and oxygen atoms in total. The Morgan fingerprint density at radius 1 is 0.857 bits per heavy atom. The molecule has 4 heterocycles. The number of likely N-dealkylation sites (N-methyl/N-ethyl adjacent to an activating group) is 1. The van der Waals surface area contributed by atoms with Crippen molar-refractivity contribution >= 4 is 23.6 Å². The molecular weight excluding hydrogens is 446 g/mol. The van der Waals surface area contributed by atoms with Gasteiger partial charge in [-0.25, -0.2) is 0 Å². The van der Waals surface area contributed by atoms with Crippen molar-refractivity contribution in [2.24, 2.45) is 23.7 Å². The Morgan fingerprint density at radius 3 is 2.40 bits per heavy atom. The summed E-state index contributed by atoms with van der Waals surface area (Å²) >= 11 is 0. The molecule has 35 heavy (non-hydrogen) atoms. The summed E-state index contributed by atoms with van der Waals surface area (Å²) in [6, 6.07) is 0. The van der Waals surface area contributed by atoms with E-state index in [4.69, 9.17) is 0 Å². The topological polar surface area (TPSA) is 93.3 Å². The molecule has 4 rings (SSSR count). The standard InChI is InChI=1S/C26H43N5O4/c1-28-11-6-19-14-24(33)29(2)18-26(35)31-12-7-20(15-25(34)30-9-3-4-10-30)22(17-31)13-23(32)27-8-5-21(19)16-28/h19-22H,3-18H2,1-2H3,(H,27,32)/t19-,20-,21-,22-/m0/s1. The quantitative estimate of drug-likeness (QED) is 0.619. The average Bonchev–Trinajstić information content (AvgIpc) is 3.36. The molecule has 4 amide bonds. The molecule has 0 aromatic rings. The molecule has 0 aliphatic carbocycles. The van der Waals surface area contributed by atoms with Gasteiger partial charge in [0.1, 0.15) is 0 Å². The van der Waals surface area contributed by atoms with Crippen molar-refractivity contribution in [2.45, 2.75) is 51.4 Å². The smallest absolute Gasteiger partial charge is 0.242 e. The number of nitrogens with zero attached hydrogens (tertiary/aromatic N) is 4. The first kappa shape index (κ1) is 25.9. The van der Waals surface area contributed by atoms with Gasteiger partial charge >= 0.3 is 0 Å². The van der Waals surface area contributed by atoms with E-state index < -0.39 is 0 Å². The van der Waals surface area contributed by atoms with E-state index in [1.54, 1.807) is 16.8 Å². The molecule has 0 unspecified atom stereocenters. The molecule has 0 saturated carbocycles. The number of fused-ring (bicyclic) bond motifs is 3. The normalized spacial score (nSPS) is 32.1. The average molecular weight is 490 g/mol. The Hall–Kier alpha value is -2.16. The number of rotatable bonds is 2. The fraction of sp³-hybridized carbons (Fsp3) is 0.846. The van der Waals surface area contributed by atoms with Crippen molar-refractivity contribution < 1.29 is 19.2 Å². The van der Waals surface area contributed by atoms with Gasteiger partial charge in [0.2, 0.25) is 23.6 Å². The summed E-state index contributed by atoms with van der Waals surface area (Å²) in [4.78, 5) is 59.5.